The fraction of sp³-hybridized carbons (Fsp3) is 0.333. The molecule has 2 saturated heterocycles. The molecule has 2 fully saturated rings. The molecule has 0 radical (unpaired) electrons. The van der Waals surface area contributed by atoms with E-state index in [9.17, 15) is 14.4 Å². The molecule has 0 atom stereocenters. The number of rotatable bonds is 7. The lowest BCUT2D eigenvalue weighted by molar-refractivity contribution is 0.0731. The zero-order valence-corrected chi connectivity index (χ0v) is 23.3. The highest BCUT2D eigenvalue weighted by Crippen LogP contribution is 2.31. The molecule has 2 N–H and O–H groups in total. The minimum atomic E-state index is -0.312. The number of anilines is 2. The lowest BCUT2D eigenvalue weighted by atomic mass is 10.1. The molecule has 41 heavy (non-hydrogen) atoms. The van der Waals surface area contributed by atoms with E-state index in [1.807, 2.05) is 11.0 Å². The van der Waals surface area contributed by atoms with Crippen LogP contribution in [0.4, 0.5) is 11.4 Å². The topological polar surface area (TPSA) is 116 Å². The Hall–Kier alpha value is -4.64. The van der Waals surface area contributed by atoms with E-state index in [0.717, 1.165) is 18.8 Å². The summed E-state index contributed by atoms with van der Waals surface area (Å²) in [5.74, 6) is 0.594. The Kier molecular flexibility index (Phi) is 8.64. The maximum Gasteiger partial charge on any atom is 0.257 e. The summed E-state index contributed by atoms with van der Waals surface area (Å²) in [5.41, 5.74) is 2.79. The molecule has 0 saturated carbocycles. The highest BCUT2D eigenvalue weighted by atomic mass is 16.5. The Bertz CT molecular complexity index is 1400. The molecule has 2 aliphatic heterocycles. The third-order valence-corrected chi connectivity index (χ3v) is 7.36. The molecule has 3 amide bonds. The van der Waals surface area contributed by atoms with Crippen LogP contribution in [0, 0.1) is 0 Å². The van der Waals surface area contributed by atoms with Crippen LogP contribution in [0.15, 0.2) is 60.9 Å². The summed E-state index contributed by atoms with van der Waals surface area (Å²) in [6, 6.07) is 14.0. The van der Waals surface area contributed by atoms with Crippen LogP contribution in [0.5, 0.6) is 11.5 Å². The van der Waals surface area contributed by atoms with Gasteiger partial charge in [0.2, 0.25) is 0 Å². The number of hydrogen-bond donors (Lipinski definition) is 2. The molecule has 2 aromatic carbocycles. The highest BCUT2D eigenvalue weighted by molar-refractivity contribution is 6.07. The maximum absolute atomic E-state index is 13.3. The summed E-state index contributed by atoms with van der Waals surface area (Å²) in [6.45, 7) is 4.86. The van der Waals surface area contributed by atoms with Crippen molar-refractivity contribution in [2.45, 2.75) is 0 Å². The van der Waals surface area contributed by atoms with Crippen LogP contribution in [0.25, 0.3) is 0 Å². The number of piperazine rings is 2. The number of nitrogens with one attached hydrogen (secondary N) is 2. The average molecular weight is 559 g/mol. The van der Waals surface area contributed by atoms with Gasteiger partial charge in [-0.15, -0.1) is 0 Å². The van der Waals surface area contributed by atoms with Crippen LogP contribution in [0.1, 0.15) is 31.1 Å². The smallest absolute Gasteiger partial charge is 0.257 e. The van der Waals surface area contributed by atoms with Crippen LogP contribution in [0.2, 0.25) is 0 Å². The maximum atomic E-state index is 13.3. The Morgan fingerprint density at radius 1 is 0.780 bits per heavy atom. The van der Waals surface area contributed by atoms with Gasteiger partial charge in [-0.05, 0) is 48.5 Å². The summed E-state index contributed by atoms with van der Waals surface area (Å²) in [4.78, 5) is 49.4. The second-order valence-corrected chi connectivity index (χ2v) is 9.82. The van der Waals surface area contributed by atoms with Gasteiger partial charge >= 0.3 is 0 Å². The summed E-state index contributed by atoms with van der Waals surface area (Å²) < 4.78 is 10.6. The molecule has 3 aromatic rings. The zero-order chi connectivity index (χ0) is 28.8. The van der Waals surface area contributed by atoms with Crippen LogP contribution in [0.3, 0.4) is 0 Å². The number of methoxy groups -OCH3 is 2. The van der Waals surface area contributed by atoms with Crippen molar-refractivity contribution in [3.05, 3.63) is 77.6 Å². The normalized spacial score (nSPS) is 15.3. The fourth-order valence-electron chi connectivity index (χ4n) is 5.09. The Morgan fingerprint density at radius 3 is 2.10 bits per heavy atom. The first kappa shape index (κ1) is 27.9. The summed E-state index contributed by atoms with van der Waals surface area (Å²) in [6.07, 6.45) is 3.11. The number of nitrogens with zero attached hydrogens (tertiary/aromatic N) is 4. The molecule has 0 bridgehead atoms. The average Bonchev–Trinajstić information content (AvgIpc) is 3.04. The molecule has 5 rings (SSSR count). The lowest BCUT2D eigenvalue weighted by Crippen LogP contribution is -2.49. The summed E-state index contributed by atoms with van der Waals surface area (Å²) >= 11 is 0. The first-order valence-corrected chi connectivity index (χ1v) is 13.6. The number of ether oxygens (including phenoxy) is 2. The standard InChI is InChI=1S/C30H34N6O5/c1-40-26-8-6-22(19-27(26)41-2)30(39)36-16-14-34(15-17-36)25-7-5-21(29(38)35-12-10-31-11-13-35)18-24(25)33-28(37)23-4-3-9-32-20-23/h3-9,18-20,31H,10-17H2,1-2H3,(H,33,37). The molecular weight excluding hydrogens is 524 g/mol. The van der Waals surface area contributed by atoms with Gasteiger partial charge in [0.15, 0.2) is 11.5 Å². The van der Waals surface area contributed by atoms with Crippen molar-refractivity contribution in [1.29, 1.82) is 0 Å². The number of aromatic nitrogens is 1. The molecule has 0 spiro atoms. The van der Waals surface area contributed by atoms with Crippen LogP contribution in [-0.2, 0) is 0 Å². The third-order valence-electron chi connectivity index (χ3n) is 7.36. The first-order valence-electron chi connectivity index (χ1n) is 13.6. The number of hydrogen-bond acceptors (Lipinski definition) is 8. The van der Waals surface area contributed by atoms with Gasteiger partial charge in [0.25, 0.3) is 17.7 Å². The number of amides is 3. The predicted molar refractivity (Wildman–Crippen MR) is 155 cm³/mol. The predicted octanol–water partition coefficient (Wildman–Crippen LogP) is 2.36. The van der Waals surface area contributed by atoms with Gasteiger partial charge in [0, 0.05) is 75.9 Å². The second-order valence-electron chi connectivity index (χ2n) is 9.82. The molecule has 3 heterocycles. The van der Waals surface area contributed by atoms with E-state index in [4.69, 9.17) is 9.47 Å². The van der Waals surface area contributed by atoms with Crippen LogP contribution in [-0.4, -0.2) is 99.1 Å². The van der Waals surface area contributed by atoms with E-state index in [-0.39, 0.29) is 17.7 Å². The van der Waals surface area contributed by atoms with Gasteiger partial charge in [-0.25, -0.2) is 0 Å². The third kappa shape index (κ3) is 6.25. The van der Waals surface area contributed by atoms with Gasteiger partial charge in [-0.3, -0.25) is 19.4 Å². The quantitative estimate of drug-likeness (QED) is 0.454. The molecule has 0 aliphatic carbocycles. The second kappa shape index (κ2) is 12.7. The minimum Gasteiger partial charge on any atom is -0.493 e. The van der Waals surface area contributed by atoms with E-state index in [2.05, 4.69) is 20.5 Å². The zero-order valence-electron chi connectivity index (χ0n) is 23.3. The fourth-order valence-corrected chi connectivity index (χ4v) is 5.09. The van der Waals surface area contributed by atoms with Crippen molar-refractivity contribution in [1.82, 2.24) is 20.1 Å². The van der Waals surface area contributed by atoms with Crippen LogP contribution >= 0.6 is 0 Å². The van der Waals surface area contributed by atoms with E-state index < -0.39 is 0 Å². The molecule has 11 nitrogen and oxygen atoms in total. The molecule has 0 unspecified atom stereocenters. The number of benzene rings is 2. The number of carbonyl (C=O) groups is 3. The molecular formula is C30H34N6O5. The van der Waals surface area contributed by atoms with Crippen molar-refractivity contribution in [2.75, 3.05) is 76.8 Å². The minimum absolute atomic E-state index is 0.0692. The lowest BCUT2D eigenvalue weighted by Gasteiger charge is -2.37. The molecule has 1 aromatic heterocycles. The Labute approximate surface area is 239 Å². The largest absolute Gasteiger partial charge is 0.493 e. The van der Waals surface area contributed by atoms with Gasteiger partial charge < -0.3 is 34.8 Å². The highest BCUT2D eigenvalue weighted by Gasteiger charge is 2.26. The van der Waals surface area contributed by atoms with Gasteiger partial charge in [-0.1, -0.05) is 0 Å². The van der Waals surface area contributed by atoms with E-state index in [0.29, 0.717) is 73.1 Å². The number of carbonyl (C=O) groups excluding carboxylic acids is 3. The van der Waals surface area contributed by atoms with Crippen LogP contribution < -0.4 is 25.0 Å². The van der Waals surface area contributed by atoms with Crippen molar-refractivity contribution in [3.63, 3.8) is 0 Å². The molecule has 11 heteroatoms. The van der Waals surface area contributed by atoms with Gasteiger partial charge in [0.05, 0.1) is 31.2 Å². The molecule has 2 aliphatic rings. The van der Waals surface area contributed by atoms with Gasteiger partial charge in [0.1, 0.15) is 0 Å². The summed E-state index contributed by atoms with van der Waals surface area (Å²) in [7, 11) is 3.09. The Balaban J connectivity index is 1.34. The van der Waals surface area contributed by atoms with E-state index >= 15 is 0 Å². The summed E-state index contributed by atoms with van der Waals surface area (Å²) in [5, 5.41) is 6.25. The monoisotopic (exact) mass is 558 g/mol. The molecule has 214 valence electrons. The van der Waals surface area contributed by atoms with Crippen molar-refractivity contribution < 1.29 is 23.9 Å². The Morgan fingerprint density at radius 2 is 1.44 bits per heavy atom. The van der Waals surface area contributed by atoms with Crippen molar-refractivity contribution >= 4 is 29.1 Å². The first-order chi connectivity index (χ1) is 20.0. The van der Waals surface area contributed by atoms with E-state index in [1.54, 1.807) is 60.7 Å². The SMILES string of the molecule is COc1ccc(C(=O)N2CCN(c3ccc(C(=O)N4CCNCC4)cc3NC(=O)c3cccnc3)CC2)cc1OC. The van der Waals surface area contributed by atoms with Crippen molar-refractivity contribution in [2.24, 2.45) is 0 Å². The number of pyridine rings is 1. The van der Waals surface area contributed by atoms with Crippen molar-refractivity contribution in [3.8, 4) is 11.5 Å². The van der Waals surface area contributed by atoms with E-state index in [1.165, 1.54) is 13.3 Å². The van der Waals surface area contributed by atoms with Gasteiger partial charge in [-0.2, -0.15) is 0 Å².